The normalized spacial score (nSPS) is 29.3. The molecule has 0 bridgehead atoms. The molecule has 1 saturated heterocycles. The second-order valence-corrected chi connectivity index (χ2v) is 3.48. The number of halogens is 1. The minimum atomic E-state index is 0. The zero-order chi connectivity index (χ0) is 7.52. The third kappa shape index (κ3) is 2.44. The van der Waals surface area contributed by atoms with Crippen LogP contribution in [0.4, 0.5) is 0 Å². The molecule has 1 atom stereocenters. The number of allylic oxidation sites excluding steroid dienone is 2. The van der Waals surface area contributed by atoms with Crippen LogP contribution in [0.2, 0.25) is 0 Å². The first-order chi connectivity index (χ1) is 5.47. The fraction of sp³-hybridized carbons (Fsp3) is 0.778. The average molecular weight is 280 g/mol. The third-order valence-electron chi connectivity index (χ3n) is 2.62. The van der Waals surface area contributed by atoms with E-state index in [1.807, 2.05) is 0 Å². The van der Waals surface area contributed by atoms with Gasteiger partial charge in [0.05, 0.1) is 6.54 Å². The fourth-order valence-electron chi connectivity index (χ4n) is 1.97. The van der Waals surface area contributed by atoms with Gasteiger partial charge in [0.15, 0.2) is 0 Å². The summed E-state index contributed by atoms with van der Waals surface area (Å²) in [4.78, 5) is 0. The number of quaternary nitrogens is 1. The molecule has 0 aliphatic carbocycles. The molecule has 12 heavy (non-hydrogen) atoms. The maximum atomic E-state index is 3.53. The molecule has 0 saturated carbocycles. The van der Waals surface area contributed by atoms with E-state index >= 15 is 0 Å². The van der Waals surface area contributed by atoms with Gasteiger partial charge in [0, 0.05) is 19.4 Å². The van der Waals surface area contributed by atoms with Crippen molar-refractivity contribution in [2.24, 2.45) is 0 Å². The largest absolute Gasteiger partial charge is 1.00 e. The Hall–Kier alpha value is 0.390. The molecule has 1 unspecified atom stereocenters. The van der Waals surface area contributed by atoms with Gasteiger partial charge in [0.1, 0.15) is 5.70 Å². The molecule has 0 aromatic rings. The van der Waals surface area contributed by atoms with E-state index in [-0.39, 0.29) is 24.0 Å². The Morgan fingerprint density at radius 1 is 1.25 bits per heavy atom. The van der Waals surface area contributed by atoms with Crippen LogP contribution in [0.15, 0.2) is 11.8 Å². The zero-order valence-electron chi connectivity index (χ0n) is 7.41. The lowest BCUT2D eigenvalue weighted by molar-refractivity contribution is -0.910. The van der Waals surface area contributed by atoms with Crippen molar-refractivity contribution in [2.75, 3.05) is 13.1 Å². The van der Waals surface area contributed by atoms with Crippen molar-refractivity contribution >= 4 is 0 Å². The van der Waals surface area contributed by atoms with Gasteiger partial charge in [-0.05, 0) is 25.3 Å². The van der Waals surface area contributed by atoms with Gasteiger partial charge in [-0.15, -0.1) is 0 Å². The molecule has 70 valence electrons. The van der Waals surface area contributed by atoms with Crippen molar-refractivity contribution in [1.82, 2.24) is 5.43 Å². The van der Waals surface area contributed by atoms with E-state index in [2.05, 4.69) is 11.5 Å². The Morgan fingerprint density at radius 3 is 3.08 bits per heavy atom. The van der Waals surface area contributed by atoms with E-state index in [1.165, 1.54) is 45.2 Å². The van der Waals surface area contributed by atoms with Crippen molar-refractivity contribution in [3.05, 3.63) is 11.8 Å². The number of nitrogens with one attached hydrogen (secondary N) is 2. The van der Waals surface area contributed by atoms with Gasteiger partial charge in [-0.2, -0.15) is 5.43 Å². The summed E-state index contributed by atoms with van der Waals surface area (Å²) < 4.78 is 0. The summed E-state index contributed by atoms with van der Waals surface area (Å²) in [5.41, 5.74) is 5.15. The van der Waals surface area contributed by atoms with E-state index < -0.39 is 0 Å². The second-order valence-electron chi connectivity index (χ2n) is 3.48. The van der Waals surface area contributed by atoms with Gasteiger partial charge in [0.2, 0.25) is 0 Å². The lowest BCUT2D eigenvalue weighted by atomic mass is 10.1. The van der Waals surface area contributed by atoms with Crippen LogP contribution in [-0.4, -0.2) is 13.1 Å². The van der Waals surface area contributed by atoms with Crippen LogP contribution in [-0.2, 0) is 0 Å². The first-order valence-electron chi connectivity index (χ1n) is 4.76. The van der Waals surface area contributed by atoms with Gasteiger partial charge in [-0.1, -0.05) is 0 Å². The van der Waals surface area contributed by atoms with Gasteiger partial charge >= 0.3 is 0 Å². The molecule has 0 aromatic carbocycles. The summed E-state index contributed by atoms with van der Waals surface area (Å²) in [6, 6.07) is 0. The highest BCUT2D eigenvalue weighted by Gasteiger charge is 2.20. The molecule has 2 nitrogen and oxygen atoms in total. The van der Waals surface area contributed by atoms with Crippen LogP contribution in [0.5, 0.6) is 0 Å². The minimum Gasteiger partial charge on any atom is -1.00 e. The summed E-state index contributed by atoms with van der Waals surface area (Å²) in [6.45, 7) is 2.50. The zero-order valence-corrected chi connectivity index (χ0v) is 9.56. The summed E-state index contributed by atoms with van der Waals surface area (Å²) in [5, 5.41) is 1.55. The van der Waals surface area contributed by atoms with Gasteiger partial charge in [0.25, 0.3) is 0 Å². The molecule has 0 radical (unpaired) electrons. The molecular formula is C9H17IN2. The van der Waals surface area contributed by atoms with Crippen molar-refractivity contribution < 1.29 is 29.0 Å². The maximum Gasteiger partial charge on any atom is 0.122 e. The van der Waals surface area contributed by atoms with E-state index in [0.717, 1.165) is 0 Å². The van der Waals surface area contributed by atoms with Crippen LogP contribution in [0.25, 0.3) is 0 Å². The Labute approximate surface area is 91.4 Å². The van der Waals surface area contributed by atoms with E-state index in [4.69, 9.17) is 0 Å². The summed E-state index contributed by atoms with van der Waals surface area (Å²) in [5.74, 6) is 0. The second kappa shape index (κ2) is 5.19. The standard InChI is InChI=1S/C9H16N2.HI/c1-3-7-10-11-8-4-2-6-9(11)5-1;/h6,10H,1-5,7-8H2;1H. The highest BCUT2D eigenvalue weighted by molar-refractivity contribution is 4.93. The summed E-state index contributed by atoms with van der Waals surface area (Å²) in [6.07, 6.45) is 9.13. The van der Waals surface area contributed by atoms with Gasteiger partial charge < -0.3 is 24.0 Å². The average Bonchev–Trinajstić information content (AvgIpc) is 2.28. The molecule has 2 heterocycles. The van der Waals surface area contributed by atoms with E-state index in [1.54, 1.807) is 10.7 Å². The van der Waals surface area contributed by atoms with Crippen LogP contribution < -0.4 is 34.4 Å². The number of hydrogen-bond donors (Lipinski definition) is 2. The highest BCUT2D eigenvalue weighted by Crippen LogP contribution is 2.07. The molecule has 3 heteroatoms. The Morgan fingerprint density at radius 2 is 2.17 bits per heavy atom. The van der Waals surface area contributed by atoms with Crippen molar-refractivity contribution in [2.45, 2.75) is 32.1 Å². The topological polar surface area (TPSA) is 16.5 Å². The molecule has 2 aliphatic heterocycles. The molecule has 2 aliphatic rings. The minimum absolute atomic E-state index is 0. The summed E-state index contributed by atoms with van der Waals surface area (Å²) >= 11 is 0. The maximum absolute atomic E-state index is 3.53. The third-order valence-corrected chi connectivity index (χ3v) is 2.62. The van der Waals surface area contributed by atoms with Crippen LogP contribution in [0.3, 0.4) is 0 Å². The quantitative estimate of drug-likeness (QED) is 0.460. The number of fused-ring (bicyclic) bond motifs is 1. The van der Waals surface area contributed by atoms with Gasteiger partial charge in [-0.25, -0.2) is 5.01 Å². The predicted octanol–water partition coefficient (Wildman–Crippen LogP) is -2.76. The monoisotopic (exact) mass is 280 g/mol. The Kier molecular flexibility index (Phi) is 4.53. The van der Waals surface area contributed by atoms with E-state index in [9.17, 15) is 0 Å². The van der Waals surface area contributed by atoms with Crippen LogP contribution in [0, 0.1) is 0 Å². The lowest BCUT2D eigenvalue weighted by Gasteiger charge is -2.22. The van der Waals surface area contributed by atoms with Crippen molar-refractivity contribution in [3.63, 3.8) is 0 Å². The molecule has 0 spiro atoms. The Balaban J connectivity index is 0.000000720. The SMILES string of the molecule is C1=C2CCCCN[NH+]2CCC1.[I-]. The number of hydrogen-bond acceptors (Lipinski definition) is 1. The Bertz CT molecular complexity index is 168. The molecular weight excluding hydrogens is 263 g/mol. The highest BCUT2D eigenvalue weighted by atomic mass is 127. The molecule has 0 aromatic heterocycles. The molecule has 0 amide bonds. The lowest BCUT2D eigenvalue weighted by Crippen LogP contribution is -3.17. The molecule has 2 rings (SSSR count). The first-order valence-corrected chi connectivity index (χ1v) is 4.76. The fourth-order valence-corrected chi connectivity index (χ4v) is 1.97. The van der Waals surface area contributed by atoms with Crippen molar-refractivity contribution in [1.29, 1.82) is 0 Å². The van der Waals surface area contributed by atoms with Crippen molar-refractivity contribution in [3.8, 4) is 0 Å². The number of rotatable bonds is 0. The van der Waals surface area contributed by atoms with Crippen LogP contribution in [0.1, 0.15) is 32.1 Å². The molecule has 1 fully saturated rings. The smallest absolute Gasteiger partial charge is 0.122 e. The predicted molar refractivity (Wildman–Crippen MR) is 45.0 cm³/mol. The van der Waals surface area contributed by atoms with Gasteiger partial charge in [-0.3, -0.25) is 0 Å². The molecule has 2 N–H and O–H groups in total. The van der Waals surface area contributed by atoms with Crippen LogP contribution >= 0.6 is 0 Å². The van der Waals surface area contributed by atoms with E-state index in [0.29, 0.717) is 0 Å². The first kappa shape index (κ1) is 10.5. The summed E-state index contributed by atoms with van der Waals surface area (Å²) in [7, 11) is 0.